The maximum Gasteiger partial charge on any atom is 0.251 e. The lowest BCUT2D eigenvalue weighted by atomic mass is 10.1. The Balaban J connectivity index is 1.21. The van der Waals surface area contributed by atoms with E-state index < -0.39 is 0 Å². The summed E-state index contributed by atoms with van der Waals surface area (Å²) in [5.41, 5.74) is 2.32. The monoisotopic (exact) mass is 462 g/mol. The number of amides is 1. The van der Waals surface area contributed by atoms with E-state index in [9.17, 15) is 4.79 Å². The molecule has 3 heterocycles. The second-order valence-corrected chi connectivity index (χ2v) is 8.15. The van der Waals surface area contributed by atoms with Crippen molar-refractivity contribution in [2.24, 2.45) is 0 Å². The molecule has 2 fully saturated rings. The highest BCUT2D eigenvalue weighted by Gasteiger charge is 2.48. The van der Waals surface area contributed by atoms with Crippen molar-refractivity contribution in [1.29, 1.82) is 0 Å². The lowest BCUT2D eigenvalue weighted by Gasteiger charge is -2.18. The van der Waals surface area contributed by atoms with E-state index in [1.54, 1.807) is 44.7 Å². The van der Waals surface area contributed by atoms with Crippen LogP contribution in [0.3, 0.4) is 0 Å². The third-order valence-corrected chi connectivity index (χ3v) is 6.08. The summed E-state index contributed by atoms with van der Waals surface area (Å²) in [6, 6.07) is 16.2. The molecule has 0 radical (unpaired) electrons. The van der Waals surface area contributed by atoms with Gasteiger partial charge in [-0.3, -0.25) is 4.79 Å². The molecule has 2 aliphatic heterocycles. The van der Waals surface area contributed by atoms with Gasteiger partial charge in [0.2, 0.25) is 5.95 Å². The van der Waals surface area contributed by atoms with Gasteiger partial charge in [0.1, 0.15) is 23.7 Å². The maximum atomic E-state index is 12.7. The quantitative estimate of drug-likeness (QED) is 0.552. The zero-order valence-corrected chi connectivity index (χ0v) is 18.9. The summed E-state index contributed by atoms with van der Waals surface area (Å²) in [5, 5.41) is 6.37. The predicted molar refractivity (Wildman–Crippen MR) is 125 cm³/mol. The second kappa shape index (κ2) is 9.66. The molecule has 9 heteroatoms. The van der Waals surface area contributed by atoms with Gasteiger partial charge >= 0.3 is 0 Å². The minimum Gasteiger partial charge on any atom is -0.497 e. The number of ether oxygens (including phenoxy) is 4. The third kappa shape index (κ3) is 4.52. The van der Waals surface area contributed by atoms with Gasteiger partial charge < -0.3 is 29.6 Å². The van der Waals surface area contributed by atoms with Gasteiger partial charge in [-0.25, -0.2) is 9.97 Å². The number of anilines is 1. The Kier molecular flexibility index (Phi) is 6.29. The summed E-state index contributed by atoms with van der Waals surface area (Å²) < 4.78 is 22.4. The first-order valence-electron chi connectivity index (χ1n) is 11.1. The molecule has 1 amide bonds. The first-order valence-corrected chi connectivity index (χ1v) is 11.1. The van der Waals surface area contributed by atoms with Crippen molar-refractivity contribution in [3.63, 3.8) is 0 Å². The van der Waals surface area contributed by atoms with Crippen LogP contribution in [-0.2, 0) is 9.47 Å². The molecule has 0 spiro atoms. The zero-order chi connectivity index (χ0) is 23.5. The van der Waals surface area contributed by atoms with Crippen molar-refractivity contribution in [2.75, 3.05) is 32.8 Å². The SMILES string of the molecule is COc1ccc(C(=O)N[C@H]2CO[C@H]3[C@H]2OC[C@H]3Nc2nccc(-c3ccc(OC)cc3)n2)cc1. The maximum absolute atomic E-state index is 12.7. The molecule has 34 heavy (non-hydrogen) atoms. The zero-order valence-electron chi connectivity index (χ0n) is 18.9. The van der Waals surface area contributed by atoms with Crippen LogP contribution in [0.5, 0.6) is 11.5 Å². The highest BCUT2D eigenvalue weighted by Crippen LogP contribution is 2.29. The lowest BCUT2D eigenvalue weighted by Crippen LogP contribution is -2.44. The number of hydrogen-bond donors (Lipinski definition) is 2. The molecular weight excluding hydrogens is 436 g/mol. The Bertz CT molecular complexity index is 1140. The number of nitrogens with one attached hydrogen (secondary N) is 2. The van der Waals surface area contributed by atoms with E-state index in [1.807, 2.05) is 30.3 Å². The van der Waals surface area contributed by atoms with Crippen LogP contribution in [0.25, 0.3) is 11.3 Å². The minimum absolute atomic E-state index is 0.126. The summed E-state index contributed by atoms with van der Waals surface area (Å²) in [4.78, 5) is 21.7. The van der Waals surface area contributed by atoms with Gasteiger partial charge in [-0.1, -0.05) is 0 Å². The molecule has 4 atom stereocenters. The summed E-state index contributed by atoms with van der Waals surface area (Å²) in [5.74, 6) is 1.81. The van der Waals surface area contributed by atoms with E-state index in [0.717, 1.165) is 17.0 Å². The molecule has 9 nitrogen and oxygen atoms in total. The van der Waals surface area contributed by atoms with Crippen LogP contribution in [0, 0.1) is 0 Å². The molecule has 2 saturated heterocycles. The molecule has 1 aromatic heterocycles. The molecule has 2 aromatic carbocycles. The Morgan fingerprint density at radius 3 is 2.18 bits per heavy atom. The van der Waals surface area contributed by atoms with Crippen LogP contribution in [0.15, 0.2) is 60.8 Å². The van der Waals surface area contributed by atoms with Crippen LogP contribution in [0.1, 0.15) is 10.4 Å². The average Bonchev–Trinajstić information content (AvgIpc) is 3.47. The van der Waals surface area contributed by atoms with Crippen LogP contribution in [-0.4, -0.2) is 67.6 Å². The minimum atomic E-state index is -0.246. The Morgan fingerprint density at radius 1 is 0.882 bits per heavy atom. The highest BCUT2D eigenvalue weighted by atomic mass is 16.6. The van der Waals surface area contributed by atoms with Gasteiger partial charge in [0, 0.05) is 17.3 Å². The fourth-order valence-corrected chi connectivity index (χ4v) is 4.26. The summed E-state index contributed by atoms with van der Waals surface area (Å²) >= 11 is 0. The number of nitrogens with zero attached hydrogens (tertiary/aromatic N) is 2. The van der Waals surface area contributed by atoms with E-state index in [0.29, 0.717) is 30.5 Å². The number of benzene rings is 2. The lowest BCUT2D eigenvalue weighted by molar-refractivity contribution is 0.0652. The van der Waals surface area contributed by atoms with Crippen LogP contribution >= 0.6 is 0 Å². The second-order valence-electron chi connectivity index (χ2n) is 8.15. The Morgan fingerprint density at radius 2 is 1.50 bits per heavy atom. The van der Waals surface area contributed by atoms with Gasteiger partial charge in [0.05, 0.1) is 45.2 Å². The Hall–Kier alpha value is -3.69. The van der Waals surface area contributed by atoms with Gasteiger partial charge in [-0.2, -0.15) is 0 Å². The smallest absolute Gasteiger partial charge is 0.251 e. The van der Waals surface area contributed by atoms with Gasteiger partial charge in [-0.15, -0.1) is 0 Å². The largest absolute Gasteiger partial charge is 0.497 e. The molecule has 2 N–H and O–H groups in total. The van der Waals surface area contributed by atoms with Gasteiger partial charge in [0.25, 0.3) is 5.91 Å². The molecule has 2 aliphatic rings. The van der Waals surface area contributed by atoms with Crippen molar-refractivity contribution >= 4 is 11.9 Å². The summed E-state index contributed by atoms with van der Waals surface area (Å²) in [6.07, 6.45) is 1.26. The van der Waals surface area contributed by atoms with Gasteiger partial charge in [-0.05, 0) is 54.6 Å². The molecule has 0 aliphatic carbocycles. The van der Waals surface area contributed by atoms with Crippen LogP contribution in [0.2, 0.25) is 0 Å². The summed E-state index contributed by atoms with van der Waals surface area (Å²) in [7, 11) is 3.23. The molecule has 0 bridgehead atoms. The van der Waals surface area contributed by atoms with E-state index >= 15 is 0 Å². The number of methoxy groups -OCH3 is 2. The van der Waals surface area contributed by atoms with Crippen molar-refractivity contribution < 1.29 is 23.7 Å². The first kappa shape index (κ1) is 22.1. The molecular formula is C25H26N4O5. The number of hydrogen-bond acceptors (Lipinski definition) is 8. The van der Waals surface area contributed by atoms with E-state index in [4.69, 9.17) is 18.9 Å². The van der Waals surface area contributed by atoms with Crippen LogP contribution in [0.4, 0.5) is 5.95 Å². The van der Waals surface area contributed by atoms with E-state index in [2.05, 4.69) is 20.6 Å². The van der Waals surface area contributed by atoms with Gasteiger partial charge in [0.15, 0.2) is 0 Å². The standard InChI is InChI=1S/C25H26N4O5/c1-31-17-7-3-15(4-8-17)19-11-12-26-25(28-19)29-21-14-34-22-20(13-33-23(21)22)27-24(30)16-5-9-18(32-2)10-6-16/h3-12,20-23H,13-14H2,1-2H3,(H,27,30)(H,26,28,29)/t20-,21+,22-,23+/m0/s1. The van der Waals surface area contributed by atoms with Crippen molar-refractivity contribution in [1.82, 2.24) is 15.3 Å². The van der Waals surface area contributed by atoms with Crippen molar-refractivity contribution in [2.45, 2.75) is 24.3 Å². The fraction of sp³-hybridized carbons (Fsp3) is 0.320. The fourth-order valence-electron chi connectivity index (χ4n) is 4.26. The predicted octanol–water partition coefficient (Wildman–Crippen LogP) is 2.54. The van der Waals surface area contributed by atoms with Crippen molar-refractivity contribution in [3.8, 4) is 22.8 Å². The first-order chi connectivity index (χ1) is 16.6. The number of fused-ring (bicyclic) bond motifs is 1. The van der Waals surface area contributed by atoms with Crippen molar-refractivity contribution in [3.05, 3.63) is 66.4 Å². The number of carbonyl (C=O) groups excluding carboxylic acids is 1. The average molecular weight is 463 g/mol. The molecule has 5 rings (SSSR count). The highest BCUT2D eigenvalue weighted by molar-refractivity contribution is 5.94. The van der Waals surface area contributed by atoms with Crippen LogP contribution < -0.4 is 20.1 Å². The topological polar surface area (TPSA) is 104 Å². The number of aromatic nitrogens is 2. The molecule has 176 valence electrons. The molecule has 0 unspecified atom stereocenters. The number of rotatable bonds is 7. The molecule has 0 saturated carbocycles. The molecule has 3 aromatic rings. The van der Waals surface area contributed by atoms with E-state index in [1.165, 1.54) is 0 Å². The summed E-state index contributed by atoms with van der Waals surface area (Å²) in [6.45, 7) is 0.808. The number of carbonyl (C=O) groups is 1. The van der Waals surface area contributed by atoms with E-state index in [-0.39, 0.29) is 30.2 Å². The third-order valence-electron chi connectivity index (χ3n) is 6.08. The normalized spacial score (nSPS) is 23.2. The Labute approximate surface area is 197 Å².